The molecule has 88 valence electrons. The normalized spacial score (nSPS) is 10.3. The van der Waals surface area contributed by atoms with Crippen LogP contribution >= 0.6 is 0 Å². The predicted octanol–water partition coefficient (Wildman–Crippen LogP) is 2.48. The van der Waals surface area contributed by atoms with Gasteiger partial charge >= 0.3 is 5.97 Å². The average molecular weight is 230 g/mol. The Labute approximate surface area is 99.7 Å². The third-order valence-corrected chi connectivity index (χ3v) is 2.64. The number of carbonyl (C=O) groups is 1. The van der Waals surface area contributed by atoms with E-state index < -0.39 is 5.97 Å². The molecule has 17 heavy (non-hydrogen) atoms. The lowest BCUT2D eigenvalue weighted by molar-refractivity contribution is 0.0588. The molecule has 0 atom stereocenters. The van der Waals surface area contributed by atoms with Crippen molar-refractivity contribution in [2.45, 2.75) is 13.8 Å². The molecule has 0 saturated heterocycles. The number of hydrogen-bond donors (Lipinski definition) is 1. The van der Waals surface area contributed by atoms with Crippen molar-refractivity contribution in [3.05, 3.63) is 41.3 Å². The zero-order valence-corrected chi connectivity index (χ0v) is 10.1. The molecule has 0 spiro atoms. The summed E-state index contributed by atoms with van der Waals surface area (Å²) in [4.78, 5) is 18.3. The maximum atomic E-state index is 11.3. The number of carbonyl (C=O) groups excluding carboxylic acids is 1. The Morgan fingerprint density at radius 1 is 1.35 bits per heavy atom. The number of aromatic nitrogens is 2. The largest absolute Gasteiger partial charge is 0.463 e. The standard InChI is InChI=1S/C13H14N2O2/c1-8-4-5-9(2)10(6-8)11-7-14-12(15-11)13(16)17-3/h4-7H,1-3H3,(H,14,15). The van der Waals surface area contributed by atoms with Gasteiger partial charge in [0.15, 0.2) is 0 Å². The van der Waals surface area contributed by atoms with Gasteiger partial charge in [-0.25, -0.2) is 9.78 Å². The van der Waals surface area contributed by atoms with Crippen molar-refractivity contribution >= 4 is 5.97 Å². The van der Waals surface area contributed by atoms with Gasteiger partial charge < -0.3 is 9.72 Å². The summed E-state index contributed by atoms with van der Waals surface area (Å²) < 4.78 is 4.61. The number of esters is 1. The molecule has 0 bridgehead atoms. The van der Waals surface area contributed by atoms with Crippen LogP contribution in [0.4, 0.5) is 0 Å². The van der Waals surface area contributed by atoms with Gasteiger partial charge in [0.1, 0.15) is 0 Å². The van der Waals surface area contributed by atoms with E-state index in [4.69, 9.17) is 0 Å². The number of nitrogens with one attached hydrogen (secondary N) is 1. The van der Waals surface area contributed by atoms with E-state index in [-0.39, 0.29) is 5.82 Å². The number of ether oxygens (including phenoxy) is 1. The highest BCUT2D eigenvalue weighted by molar-refractivity contribution is 5.86. The molecule has 2 rings (SSSR count). The van der Waals surface area contributed by atoms with Crippen molar-refractivity contribution in [3.63, 3.8) is 0 Å². The molecule has 4 nitrogen and oxygen atoms in total. The number of aryl methyl sites for hydroxylation is 2. The molecule has 0 radical (unpaired) electrons. The van der Waals surface area contributed by atoms with Crippen LogP contribution in [0.25, 0.3) is 11.3 Å². The molecule has 0 aliphatic heterocycles. The number of H-pyrrole nitrogens is 1. The minimum Gasteiger partial charge on any atom is -0.463 e. The molecule has 0 aliphatic carbocycles. The highest BCUT2D eigenvalue weighted by Gasteiger charge is 2.12. The van der Waals surface area contributed by atoms with E-state index in [9.17, 15) is 4.79 Å². The summed E-state index contributed by atoms with van der Waals surface area (Å²) in [6.07, 6.45) is 1.65. The van der Waals surface area contributed by atoms with E-state index in [1.54, 1.807) is 6.20 Å². The fourth-order valence-electron chi connectivity index (χ4n) is 1.68. The Balaban J connectivity index is 2.43. The molecule has 1 heterocycles. The van der Waals surface area contributed by atoms with E-state index >= 15 is 0 Å². The van der Waals surface area contributed by atoms with Crippen molar-refractivity contribution in [1.82, 2.24) is 9.97 Å². The summed E-state index contributed by atoms with van der Waals surface area (Å²) in [5.74, 6) is -0.232. The number of benzene rings is 1. The zero-order chi connectivity index (χ0) is 12.4. The monoisotopic (exact) mass is 230 g/mol. The van der Waals surface area contributed by atoms with Gasteiger partial charge in [-0.1, -0.05) is 17.7 Å². The molecule has 2 aromatic rings. The first-order chi connectivity index (χ1) is 8.11. The second-order valence-electron chi connectivity index (χ2n) is 3.96. The van der Waals surface area contributed by atoms with Crippen molar-refractivity contribution in [3.8, 4) is 11.3 Å². The molecular weight excluding hydrogens is 216 g/mol. The number of aromatic amines is 1. The summed E-state index contributed by atoms with van der Waals surface area (Å²) in [7, 11) is 1.34. The maximum Gasteiger partial charge on any atom is 0.374 e. The third kappa shape index (κ3) is 2.20. The Kier molecular flexibility index (Phi) is 2.95. The molecule has 4 heteroatoms. The van der Waals surface area contributed by atoms with Crippen LogP contribution in [-0.4, -0.2) is 23.0 Å². The van der Waals surface area contributed by atoms with Crippen LogP contribution in [0.1, 0.15) is 21.7 Å². The third-order valence-electron chi connectivity index (χ3n) is 2.64. The van der Waals surface area contributed by atoms with Crippen LogP contribution < -0.4 is 0 Å². The smallest absolute Gasteiger partial charge is 0.374 e. The van der Waals surface area contributed by atoms with Crippen LogP contribution in [0.3, 0.4) is 0 Å². The minimum atomic E-state index is -0.457. The van der Waals surface area contributed by atoms with Gasteiger partial charge in [-0.05, 0) is 25.5 Å². The van der Waals surface area contributed by atoms with Gasteiger partial charge in [0, 0.05) is 5.56 Å². The van der Waals surface area contributed by atoms with E-state index in [2.05, 4.69) is 26.8 Å². The van der Waals surface area contributed by atoms with Gasteiger partial charge in [0.2, 0.25) is 5.82 Å². The summed E-state index contributed by atoms with van der Waals surface area (Å²) in [5, 5.41) is 0. The minimum absolute atomic E-state index is 0.225. The van der Waals surface area contributed by atoms with E-state index in [1.165, 1.54) is 12.7 Å². The average Bonchev–Trinajstić information content (AvgIpc) is 2.80. The molecule has 0 unspecified atom stereocenters. The first-order valence-electron chi connectivity index (χ1n) is 5.33. The number of methoxy groups -OCH3 is 1. The molecule has 0 fully saturated rings. The highest BCUT2D eigenvalue weighted by Crippen LogP contribution is 2.22. The first-order valence-corrected chi connectivity index (χ1v) is 5.33. The molecule has 1 aromatic carbocycles. The van der Waals surface area contributed by atoms with Crippen LogP contribution in [0, 0.1) is 13.8 Å². The number of nitrogens with zero attached hydrogens (tertiary/aromatic N) is 1. The Bertz CT molecular complexity index is 558. The summed E-state index contributed by atoms with van der Waals surface area (Å²) in [6.45, 7) is 4.05. The van der Waals surface area contributed by atoms with Gasteiger partial charge in [-0.2, -0.15) is 0 Å². The molecule has 0 saturated carbocycles. The maximum absolute atomic E-state index is 11.3. The van der Waals surface area contributed by atoms with Crippen molar-refractivity contribution in [2.75, 3.05) is 7.11 Å². The molecule has 0 amide bonds. The first kappa shape index (κ1) is 11.4. The Morgan fingerprint density at radius 2 is 2.12 bits per heavy atom. The van der Waals surface area contributed by atoms with Gasteiger partial charge in [0.05, 0.1) is 19.0 Å². The van der Waals surface area contributed by atoms with Crippen molar-refractivity contribution in [2.24, 2.45) is 0 Å². The summed E-state index contributed by atoms with van der Waals surface area (Å²) >= 11 is 0. The molecule has 1 aromatic heterocycles. The fourth-order valence-corrected chi connectivity index (χ4v) is 1.68. The van der Waals surface area contributed by atoms with Crippen LogP contribution in [0.2, 0.25) is 0 Å². The van der Waals surface area contributed by atoms with E-state index in [0.717, 1.165) is 16.8 Å². The van der Waals surface area contributed by atoms with Crippen molar-refractivity contribution < 1.29 is 9.53 Å². The Hall–Kier alpha value is -2.10. The lowest BCUT2D eigenvalue weighted by Gasteiger charge is -2.04. The molecule has 1 N–H and O–H groups in total. The SMILES string of the molecule is COC(=O)c1ncc(-c2cc(C)ccc2C)[nH]1. The van der Waals surface area contributed by atoms with Crippen molar-refractivity contribution in [1.29, 1.82) is 0 Å². The predicted molar refractivity (Wildman–Crippen MR) is 64.8 cm³/mol. The van der Waals surface area contributed by atoms with Gasteiger partial charge in [0.25, 0.3) is 0 Å². The quantitative estimate of drug-likeness (QED) is 0.806. The highest BCUT2D eigenvalue weighted by atomic mass is 16.5. The summed E-state index contributed by atoms with van der Waals surface area (Å²) in [6, 6.07) is 6.16. The lowest BCUT2D eigenvalue weighted by Crippen LogP contribution is -2.03. The van der Waals surface area contributed by atoms with Crippen LogP contribution in [-0.2, 0) is 4.74 Å². The second kappa shape index (κ2) is 4.41. The van der Waals surface area contributed by atoms with E-state index in [1.807, 2.05) is 19.9 Å². The Morgan fingerprint density at radius 3 is 2.82 bits per heavy atom. The lowest BCUT2D eigenvalue weighted by atomic mass is 10.0. The zero-order valence-electron chi connectivity index (χ0n) is 10.1. The van der Waals surface area contributed by atoms with E-state index in [0.29, 0.717) is 0 Å². The summed E-state index contributed by atoms with van der Waals surface area (Å²) in [5.41, 5.74) is 4.18. The number of imidazole rings is 1. The van der Waals surface area contributed by atoms with Gasteiger partial charge in [-0.15, -0.1) is 0 Å². The fraction of sp³-hybridized carbons (Fsp3) is 0.231. The van der Waals surface area contributed by atoms with Crippen LogP contribution in [0.5, 0.6) is 0 Å². The topological polar surface area (TPSA) is 55.0 Å². The van der Waals surface area contributed by atoms with Crippen LogP contribution in [0.15, 0.2) is 24.4 Å². The molecular formula is C13H14N2O2. The molecule has 0 aliphatic rings. The number of hydrogen-bond acceptors (Lipinski definition) is 3. The number of rotatable bonds is 2. The van der Waals surface area contributed by atoms with Gasteiger partial charge in [-0.3, -0.25) is 0 Å². The second-order valence-corrected chi connectivity index (χ2v) is 3.96.